The van der Waals surface area contributed by atoms with E-state index >= 15 is 0 Å². The molecule has 0 bridgehead atoms. The standard InChI is InChI=1S/C13H18O3S/c1-13(15-9-10-16-13)12(7-8-14)17-11-5-3-2-4-6-11/h2-6,12,14H,7-10H2,1H3. The predicted molar refractivity (Wildman–Crippen MR) is 68.1 cm³/mol. The first-order chi connectivity index (χ1) is 8.24. The van der Waals surface area contributed by atoms with Gasteiger partial charge < -0.3 is 14.6 Å². The van der Waals surface area contributed by atoms with E-state index in [1.54, 1.807) is 11.8 Å². The van der Waals surface area contributed by atoms with Crippen LogP contribution in [-0.2, 0) is 9.47 Å². The number of benzene rings is 1. The summed E-state index contributed by atoms with van der Waals surface area (Å²) in [6.45, 7) is 3.37. The Morgan fingerprint density at radius 3 is 2.53 bits per heavy atom. The molecule has 0 aromatic heterocycles. The van der Waals surface area contributed by atoms with Crippen LogP contribution in [0.25, 0.3) is 0 Å². The molecule has 1 aromatic carbocycles. The molecular weight excluding hydrogens is 236 g/mol. The second-order valence-electron chi connectivity index (χ2n) is 4.14. The van der Waals surface area contributed by atoms with E-state index < -0.39 is 5.79 Å². The van der Waals surface area contributed by atoms with Crippen LogP contribution in [0.3, 0.4) is 0 Å². The number of ether oxygens (including phenoxy) is 2. The van der Waals surface area contributed by atoms with Gasteiger partial charge in [-0.2, -0.15) is 0 Å². The molecule has 1 saturated heterocycles. The maximum atomic E-state index is 9.17. The van der Waals surface area contributed by atoms with Crippen LogP contribution in [0.2, 0.25) is 0 Å². The lowest BCUT2D eigenvalue weighted by Gasteiger charge is -2.31. The van der Waals surface area contributed by atoms with E-state index in [4.69, 9.17) is 14.6 Å². The maximum Gasteiger partial charge on any atom is 0.177 e. The predicted octanol–water partition coefficient (Wildman–Crippen LogP) is 2.29. The Balaban J connectivity index is 2.07. The largest absolute Gasteiger partial charge is 0.396 e. The zero-order valence-corrected chi connectivity index (χ0v) is 10.8. The summed E-state index contributed by atoms with van der Waals surface area (Å²) in [5.74, 6) is -0.580. The van der Waals surface area contributed by atoms with E-state index in [-0.39, 0.29) is 11.9 Å². The van der Waals surface area contributed by atoms with Crippen LogP contribution < -0.4 is 0 Å². The molecule has 1 heterocycles. The number of thioether (sulfide) groups is 1. The first kappa shape index (κ1) is 12.9. The minimum atomic E-state index is -0.580. The van der Waals surface area contributed by atoms with Crippen molar-refractivity contribution in [3.63, 3.8) is 0 Å². The summed E-state index contributed by atoms with van der Waals surface area (Å²) in [5.41, 5.74) is 0. The van der Waals surface area contributed by atoms with E-state index in [9.17, 15) is 0 Å². The van der Waals surface area contributed by atoms with Gasteiger partial charge in [-0.15, -0.1) is 11.8 Å². The van der Waals surface area contributed by atoms with Gasteiger partial charge in [-0.3, -0.25) is 0 Å². The van der Waals surface area contributed by atoms with Gasteiger partial charge in [0.1, 0.15) is 0 Å². The summed E-state index contributed by atoms with van der Waals surface area (Å²) < 4.78 is 11.3. The zero-order valence-electron chi connectivity index (χ0n) is 9.96. The highest BCUT2D eigenvalue weighted by Gasteiger charge is 2.40. The molecule has 0 spiro atoms. The summed E-state index contributed by atoms with van der Waals surface area (Å²) in [4.78, 5) is 1.17. The van der Waals surface area contributed by atoms with Gasteiger partial charge in [-0.1, -0.05) is 18.2 Å². The monoisotopic (exact) mass is 254 g/mol. The molecule has 2 rings (SSSR count). The molecule has 17 heavy (non-hydrogen) atoms. The summed E-state index contributed by atoms with van der Waals surface area (Å²) in [7, 11) is 0. The molecule has 0 radical (unpaired) electrons. The van der Waals surface area contributed by atoms with Crippen molar-refractivity contribution in [2.24, 2.45) is 0 Å². The Morgan fingerprint density at radius 1 is 1.29 bits per heavy atom. The molecule has 0 aliphatic carbocycles. The smallest absolute Gasteiger partial charge is 0.177 e. The van der Waals surface area contributed by atoms with Crippen molar-refractivity contribution in [3.05, 3.63) is 30.3 Å². The Kier molecular flexibility index (Phi) is 4.45. The minimum Gasteiger partial charge on any atom is -0.396 e. The molecule has 1 unspecified atom stereocenters. The van der Waals surface area contributed by atoms with Crippen molar-refractivity contribution in [1.82, 2.24) is 0 Å². The molecule has 1 N–H and O–H groups in total. The quantitative estimate of drug-likeness (QED) is 0.818. The highest BCUT2D eigenvalue weighted by Crippen LogP contribution is 2.37. The van der Waals surface area contributed by atoms with E-state index in [2.05, 4.69) is 12.1 Å². The molecule has 4 heteroatoms. The van der Waals surface area contributed by atoms with Gasteiger partial charge in [-0.05, 0) is 25.5 Å². The fourth-order valence-corrected chi connectivity index (χ4v) is 3.14. The van der Waals surface area contributed by atoms with Crippen LogP contribution in [0.4, 0.5) is 0 Å². The number of aliphatic hydroxyl groups is 1. The summed E-state index contributed by atoms with van der Waals surface area (Å²) in [6.07, 6.45) is 0.663. The van der Waals surface area contributed by atoms with Crippen molar-refractivity contribution in [2.75, 3.05) is 19.8 Å². The fraction of sp³-hybridized carbons (Fsp3) is 0.538. The number of hydrogen-bond acceptors (Lipinski definition) is 4. The maximum absolute atomic E-state index is 9.17. The lowest BCUT2D eigenvalue weighted by atomic mass is 10.1. The van der Waals surface area contributed by atoms with Gasteiger partial charge in [0.05, 0.1) is 18.5 Å². The Hall–Kier alpha value is -0.550. The van der Waals surface area contributed by atoms with Crippen LogP contribution in [0.1, 0.15) is 13.3 Å². The second-order valence-corrected chi connectivity index (χ2v) is 5.42. The first-order valence-corrected chi connectivity index (χ1v) is 6.73. The third kappa shape index (κ3) is 3.22. The molecule has 1 fully saturated rings. The van der Waals surface area contributed by atoms with Crippen LogP contribution in [0.5, 0.6) is 0 Å². The Bertz CT molecular complexity index is 336. The molecule has 1 aliphatic rings. The van der Waals surface area contributed by atoms with Crippen LogP contribution in [0.15, 0.2) is 35.2 Å². The van der Waals surface area contributed by atoms with Crippen molar-refractivity contribution in [3.8, 4) is 0 Å². The lowest BCUT2D eigenvalue weighted by molar-refractivity contribution is -0.143. The van der Waals surface area contributed by atoms with E-state index in [1.807, 2.05) is 25.1 Å². The third-order valence-electron chi connectivity index (χ3n) is 2.86. The summed E-state index contributed by atoms with van der Waals surface area (Å²) in [5, 5.41) is 9.27. The highest BCUT2D eigenvalue weighted by atomic mass is 32.2. The van der Waals surface area contributed by atoms with Crippen molar-refractivity contribution in [2.45, 2.75) is 29.3 Å². The number of aliphatic hydroxyl groups excluding tert-OH is 1. The van der Waals surface area contributed by atoms with Gasteiger partial charge in [0.15, 0.2) is 5.79 Å². The Labute approximate surface area is 106 Å². The molecular formula is C13H18O3S. The first-order valence-electron chi connectivity index (χ1n) is 5.85. The van der Waals surface area contributed by atoms with E-state index in [1.165, 1.54) is 4.90 Å². The van der Waals surface area contributed by atoms with Gasteiger partial charge in [-0.25, -0.2) is 0 Å². The minimum absolute atomic E-state index is 0.109. The van der Waals surface area contributed by atoms with Gasteiger partial charge in [0, 0.05) is 11.5 Å². The van der Waals surface area contributed by atoms with Gasteiger partial charge in [0.25, 0.3) is 0 Å². The average molecular weight is 254 g/mol. The van der Waals surface area contributed by atoms with Gasteiger partial charge >= 0.3 is 0 Å². The molecule has 3 nitrogen and oxygen atoms in total. The number of rotatable bonds is 5. The molecule has 1 aliphatic heterocycles. The normalized spacial score (nSPS) is 20.4. The highest BCUT2D eigenvalue weighted by molar-refractivity contribution is 8.00. The van der Waals surface area contributed by atoms with Crippen LogP contribution in [0, 0.1) is 0 Å². The average Bonchev–Trinajstić information content (AvgIpc) is 2.78. The SMILES string of the molecule is CC1(C(CCO)Sc2ccccc2)OCCO1. The van der Waals surface area contributed by atoms with Crippen molar-refractivity contribution < 1.29 is 14.6 Å². The molecule has 1 atom stereocenters. The molecule has 0 saturated carbocycles. The molecule has 94 valence electrons. The molecule has 1 aromatic rings. The summed E-state index contributed by atoms with van der Waals surface area (Å²) >= 11 is 1.70. The van der Waals surface area contributed by atoms with Gasteiger partial charge in [0.2, 0.25) is 0 Å². The van der Waals surface area contributed by atoms with Crippen LogP contribution >= 0.6 is 11.8 Å². The van der Waals surface area contributed by atoms with Crippen molar-refractivity contribution >= 4 is 11.8 Å². The topological polar surface area (TPSA) is 38.7 Å². The molecule has 0 amide bonds. The van der Waals surface area contributed by atoms with E-state index in [0.717, 1.165) is 0 Å². The fourth-order valence-electron chi connectivity index (χ4n) is 1.92. The zero-order chi connectivity index (χ0) is 12.1. The van der Waals surface area contributed by atoms with Crippen molar-refractivity contribution in [1.29, 1.82) is 0 Å². The Morgan fingerprint density at radius 2 is 1.94 bits per heavy atom. The number of hydrogen-bond donors (Lipinski definition) is 1. The van der Waals surface area contributed by atoms with Crippen LogP contribution in [-0.4, -0.2) is 36.0 Å². The third-order valence-corrected chi connectivity index (χ3v) is 4.35. The lowest BCUT2D eigenvalue weighted by Crippen LogP contribution is -2.38. The second kappa shape index (κ2) is 5.87. The summed E-state index contributed by atoms with van der Waals surface area (Å²) in [6, 6.07) is 10.1. The van der Waals surface area contributed by atoms with E-state index in [0.29, 0.717) is 19.6 Å².